The number of ether oxygens (including phenoxy) is 1. The first-order chi connectivity index (χ1) is 6.52. The molecule has 1 fully saturated rings. The van der Waals surface area contributed by atoms with Crippen molar-refractivity contribution in [2.45, 2.75) is 38.8 Å². The molecule has 2 N–H and O–H groups in total. The van der Waals surface area contributed by atoms with Gasteiger partial charge in [-0.25, -0.2) is 4.79 Å². The summed E-state index contributed by atoms with van der Waals surface area (Å²) in [6.45, 7) is 4.10. The molecular weight excluding hydrogens is 184 g/mol. The topological polar surface area (TPSA) is 72.6 Å². The minimum absolute atomic E-state index is 0.170. The number of hydrogen-bond donors (Lipinski definition) is 1. The van der Waals surface area contributed by atoms with E-state index in [1.54, 1.807) is 13.8 Å². The number of nitrogens with zero attached hydrogens (tertiary/aromatic N) is 1. The van der Waals surface area contributed by atoms with E-state index in [1.807, 2.05) is 0 Å². The summed E-state index contributed by atoms with van der Waals surface area (Å²) in [6, 6.07) is -0.485. The van der Waals surface area contributed by atoms with E-state index in [1.165, 1.54) is 4.90 Å². The fourth-order valence-corrected chi connectivity index (χ4v) is 1.55. The van der Waals surface area contributed by atoms with Gasteiger partial charge in [-0.2, -0.15) is 0 Å². The average Bonchev–Trinajstić information content (AvgIpc) is 2.49. The summed E-state index contributed by atoms with van der Waals surface area (Å²) in [4.78, 5) is 23.8. The van der Waals surface area contributed by atoms with Crippen molar-refractivity contribution in [3.8, 4) is 0 Å². The summed E-state index contributed by atoms with van der Waals surface area (Å²) in [7, 11) is 0. The summed E-state index contributed by atoms with van der Waals surface area (Å²) in [5, 5.41) is 0. The van der Waals surface area contributed by atoms with Crippen LogP contribution in [0.2, 0.25) is 0 Å². The van der Waals surface area contributed by atoms with Crippen molar-refractivity contribution in [2.24, 2.45) is 5.73 Å². The molecule has 0 radical (unpaired) electrons. The summed E-state index contributed by atoms with van der Waals surface area (Å²) in [6.07, 6.45) is 0.835. The van der Waals surface area contributed by atoms with Crippen LogP contribution in [-0.2, 0) is 9.53 Å². The maximum absolute atomic E-state index is 11.5. The zero-order valence-corrected chi connectivity index (χ0v) is 8.53. The van der Waals surface area contributed by atoms with Crippen LogP contribution in [0.4, 0.5) is 4.79 Å². The number of primary amides is 1. The van der Waals surface area contributed by atoms with E-state index >= 15 is 0 Å². The Bertz CT molecular complexity index is 240. The molecule has 0 spiro atoms. The minimum atomic E-state index is -0.485. The van der Waals surface area contributed by atoms with Crippen LogP contribution < -0.4 is 5.73 Å². The highest BCUT2D eigenvalue weighted by molar-refractivity contribution is 5.84. The molecule has 1 aliphatic heterocycles. The first kappa shape index (κ1) is 10.8. The Hall–Kier alpha value is -1.26. The Kier molecular flexibility index (Phi) is 3.33. The number of nitrogens with two attached hydrogens (primary N) is 1. The minimum Gasteiger partial charge on any atom is -0.447 e. The van der Waals surface area contributed by atoms with Crippen LogP contribution >= 0.6 is 0 Å². The van der Waals surface area contributed by atoms with Crippen molar-refractivity contribution >= 4 is 12.0 Å². The van der Waals surface area contributed by atoms with E-state index in [2.05, 4.69) is 0 Å². The number of rotatable bonds is 2. The van der Waals surface area contributed by atoms with Crippen molar-refractivity contribution < 1.29 is 14.3 Å². The van der Waals surface area contributed by atoms with Crippen LogP contribution in [0, 0.1) is 0 Å². The second-order valence-corrected chi connectivity index (χ2v) is 3.69. The Balaban J connectivity index is 2.58. The third-order valence-corrected chi connectivity index (χ3v) is 2.15. The number of amides is 2. The Morgan fingerprint density at radius 1 is 1.50 bits per heavy atom. The largest absolute Gasteiger partial charge is 0.447 e. The van der Waals surface area contributed by atoms with Crippen molar-refractivity contribution in [2.75, 3.05) is 6.54 Å². The van der Waals surface area contributed by atoms with Crippen LogP contribution in [0.5, 0.6) is 0 Å². The third kappa shape index (κ3) is 2.37. The Labute approximate surface area is 83.2 Å². The molecule has 5 heteroatoms. The first-order valence-electron chi connectivity index (χ1n) is 4.79. The van der Waals surface area contributed by atoms with Gasteiger partial charge in [-0.1, -0.05) is 0 Å². The lowest BCUT2D eigenvalue weighted by molar-refractivity contribution is -0.122. The molecule has 0 saturated carbocycles. The Morgan fingerprint density at radius 2 is 2.14 bits per heavy atom. The smallest absolute Gasteiger partial charge is 0.410 e. The van der Waals surface area contributed by atoms with Crippen LogP contribution in [0.3, 0.4) is 0 Å². The van der Waals surface area contributed by atoms with Gasteiger partial charge < -0.3 is 10.5 Å². The molecule has 1 aliphatic rings. The summed E-state index contributed by atoms with van der Waals surface area (Å²) >= 11 is 0. The first-order valence-corrected chi connectivity index (χ1v) is 4.79. The van der Waals surface area contributed by atoms with Gasteiger partial charge in [0.25, 0.3) is 0 Å². The predicted octanol–water partition coefficient (Wildman–Crippen LogP) is 0.481. The molecule has 80 valence electrons. The number of carbonyl (C=O) groups excluding carboxylic acids is 2. The zero-order chi connectivity index (χ0) is 10.7. The summed E-state index contributed by atoms with van der Waals surface area (Å²) in [5.41, 5.74) is 5.17. The van der Waals surface area contributed by atoms with Crippen molar-refractivity contribution in [3.63, 3.8) is 0 Å². The monoisotopic (exact) mass is 200 g/mol. The second kappa shape index (κ2) is 4.30. The fraction of sp³-hybridized carbons (Fsp3) is 0.778. The maximum Gasteiger partial charge on any atom is 0.410 e. The van der Waals surface area contributed by atoms with Crippen LogP contribution in [-0.4, -0.2) is 35.6 Å². The SMILES string of the molecule is CC(C)OC(=O)N1CCCC1C(N)=O. The summed E-state index contributed by atoms with van der Waals surface area (Å²) < 4.78 is 4.99. The molecule has 0 aromatic carbocycles. The molecule has 0 aliphatic carbocycles. The van der Waals surface area contributed by atoms with Crippen LogP contribution in [0.25, 0.3) is 0 Å². The quantitative estimate of drug-likeness (QED) is 0.704. The van der Waals surface area contributed by atoms with Crippen molar-refractivity contribution in [1.82, 2.24) is 4.90 Å². The van der Waals surface area contributed by atoms with Gasteiger partial charge in [0.05, 0.1) is 6.10 Å². The molecule has 0 aromatic rings. The third-order valence-electron chi connectivity index (χ3n) is 2.15. The lowest BCUT2D eigenvalue weighted by Crippen LogP contribution is -2.44. The molecule has 5 nitrogen and oxygen atoms in total. The molecule has 1 atom stereocenters. The molecule has 1 saturated heterocycles. The highest BCUT2D eigenvalue weighted by atomic mass is 16.6. The van der Waals surface area contributed by atoms with E-state index in [4.69, 9.17) is 10.5 Å². The molecule has 14 heavy (non-hydrogen) atoms. The number of likely N-dealkylation sites (tertiary alicyclic amines) is 1. The van der Waals surface area contributed by atoms with Crippen LogP contribution in [0.15, 0.2) is 0 Å². The highest BCUT2D eigenvalue weighted by Gasteiger charge is 2.33. The van der Waals surface area contributed by atoms with Gasteiger partial charge in [-0.15, -0.1) is 0 Å². The van der Waals surface area contributed by atoms with Gasteiger partial charge in [-0.3, -0.25) is 9.69 Å². The van der Waals surface area contributed by atoms with Crippen molar-refractivity contribution in [1.29, 1.82) is 0 Å². The van der Waals surface area contributed by atoms with E-state index in [0.717, 1.165) is 6.42 Å². The van der Waals surface area contributed by atoms with Gasteiger partial charge in [0, 0.05) is 6.54 Å². The standard InChI is InChI=1S/C9H16N2O3/c1-6(2)14-9(13)11-5-3-4-7(11)8(10)12/h6-7H,3-5H2,1-2H3,(H2,10,12). The highest BCUT2D eigenvalue weighted by Crippen LogP contribution is 2.18. The molecule has 0 aromatic heterocycles. The maximum atomic E-state index is 11.5. The van der Waals surface area contributed by atoms with Crippen molar-refractivity contribution in [3.05, 3.63) is 0 Å². The van der Waals surface area contributed by atoms with Gasteiger partial charge >= 0.3 is 6.09 Å². The number of hydrogen-bond acceptors (Lipinski definition) is 3. The molecule has 1 unspecified atom stereocenters. The lowest BCUT2D eigenvalue weighted by atomic mass is 10.2. The predicted molar refractivity (Wildman–Crippen MR) is 50.5 cm³/mol. The van der Waals surface area contributed by atoms with Gasteiger partial charge in [0.2, 0.25) is 5.91 Å². The molecule has 1 heterocycles. The fourth-order valence-electron chi connectivity index (χ4n) is 1.55. The van der Waals surface area contributed by atoms with Gasteiger partial charge in [-0.05, 0) is 26.7 Å². The lowest BCUT2D eigenvalue weighted by Gasteiger charge is -2.22. The van der Waals surface area contributed by atoms with E-state index in [9.17, 15) is 9.59 Å². The second-order valence-electron chi connectivity index (χ2n) is 3.69. The summed E-state index contributed by atoms with van der Waals surface area (Å²) in [5.74, 6) is -0.455. The number of carbonyl (C=O) groups is 2. The average molecular weight is 200 g/mol. The molecule has 2 amide bonds. The Morgan fingerprint density at radius 3 is 2.64 bits per heavy atom. The van der Waals surface area contributed by atoms with E-state index < -0.39 is 18.0 Å². The normalized spacial score (nSPS) is 21.4. The van der Waals surface area contributed by atoms with Crippen LogP contribution in [0.1, 0.15) is 26.7 Å². The van der Waals surface area contributed by atoms with E-state index in [-0.39, 0.29) is 6.10 Å². The molecule has 0 bridgehead atoms. The molecular formula is C9H16N2O3. The van der Waals surface area contributed by atoms with Gasteiger partial charge in [0.1, 0.15) is 6.04 Å². The van der Waals surface area contributed by atoms with E-state index in [0.29, 0.717) is 13.0 Å². The zero-order valence-electron chi connectivity index (χ0n) is 8.53. The van der Waals surface area contributed by atoms with Gasteiger partial charge in [0.15, 0.2) is 0 Å². The molecule has 1 rings (SSSR count).